The number of esters is 1. The van der Waals surface area contributed by atoms with Crippen LogP contribution in [-0.2, 0) is 16.0 Å². The van der Waals surface area contributed by atoms with E-state index in [-0.39, 0.29) is 45.9 Å². The quantitative estimate of drug-likeness (QED) is 0.103. The molecule has 0 saturated carbocycles. The highest BCUT2D eigenvalue weighted by molar-refractivity contribution is 7.99. The van der Waals surface area contributed by atoms with Gasteiger partial charge in [0.1, 0.15) is 22.3 Å². The molecule has 0 unspecified atom stereocenters. The first-order chi connectivity index (χ1) is 19.4. The largest absolute Gasteiger partial charge is 0.466 e. The Morgan fingerprint density at radius 2 is 1.93 bits per heavy atom. The van der Waals surface area contributed by atoms with Gasteiger partial charge in [-0.3, -0.25) is 9.59 Å². The molecule has 2 aromatic heterocycles. The normalized spacial score (nSPS) is 11.1. The molecule has 0 atom stereocenters. The van der Waals surface area contributed by atoms with Crippen LogP contribution < -0.4 is 4.74 Å². The molecule has 0 fully saturated rings. The van der Waals surface area contributed by atoms with Crippen molar-refractivity contribution in [3.05, 3.63) is 94.6 Å². The third kappa shape index (κ3) is 5.78. The molecule has 2 heterocycles. The highest BCUT2D eigenvalue weighted by Gasteiger charge is 2.20. The fraction of sp³-hybridized carbons (Fsp3) is 0.167. The number of hydrogen-bond acceptors (Lipinski definition) is 7. The van der Waals surface area contributed by atoms with Crippen LogP contribution in [0, 0.1) is 11.6 Å². The number of aromatic nitrogens is 2. The molecule has 5 aromatic rings. The SMILES string of the molecule is CCOC(=O)CCc1cccc(C(=O)c2csc(-c3cc(Oc4c(F)cc5[nH]ccc5c4SC)ccc3F)n2)c1. The van der Waals surface area contributed by atoms with Gasteiger partial charge in [-0.15, -0.1) is 23.1 Å². The molecule has 0 spiro atoms. The Kier molecular flexibility index (Phi) is 8.27. The fourth-order valence-electron chi connectivity index (χ4n) is 4.27. The summed E-state index contributed by atoms with van der Waals surface area (Å²) >= 11 is 2.47. The molecule has 0 radical (unpaired) electrons. The molecular formula is C30H24F2N2O4S2. The fourth-order valence-corrected chi connectivity index (χ4v) is 5.81. The van der Waals surface area contributed by atoms with Crippen molar-refractivity contribution in [2.75, 3.05) is 12.9 Å². The highest BCUT2D eigenvalue weighted by atomic mass is 32.2. The smallest absolute Gasteiger partial charge is 0.306 e. The number of halogens is 2. The van der Waals surface area contributed by atoms with Crippen molar-refractivity contribution in [3.8, 4) is 22.1 Å². The van der Waals surface area contributed by atoms with Gasteiger partial charge in [0.15, 0.2) is 11.6 Å². The number of aromatic amines is 1. The summed E-state index contributed by atoms with van der Waals surface area (Å²) in [6.07, 6.45) is 4.21. The summed E-state index contributed by atoms with van der Waals surface area (Å²) in [6, 6.07) is 14.3. The number of carbonyl (C=O) groups excluding carboxylic acids is 2. The summed E-state index contributed by atoms with van der Waals surface area (Å²) in [5, 5.41) is 2.68. The number of benzene rings is 3. The van der Waals surface area contributed by atoms with Crippen molar-refractivity contribution in [1.82, 2.24) is 9.97 Å². The van der Waals surface area contributed by atoms with Crippen molar-refractivity contribution in [2.45, 2.75) is 24.7 Å². The van der Waals surface area contributed by atoms with Gasteiger partial charge in [0.05, 0.1) is 11.5 Å². The van der Waals surface area contributed by atoms with Gasteiger partial charge < -0.3 is 14.5 Å². The molecule has 5 rings (SSSR count). The van der Waals surface area contributed by atoms with Gasteiger partial charge in [-0.2, -0.15) is 0 Å². The first-order valence-corrected chi connectivity index (χ1v) is 14.5. The Morgan fingerprint density at radius 1 is 1.07 bits per heavy atom. The second-order valence-electron chi connectivity index (χ2n) is 8.78. The van der Waals surface area contributed by atoms with Gasteiger partial charge in [0.2, 0.25) is 5.78 Å². The first-order valence-electron chi connectivity index (χ1n) is 12.4. The van der Waals surface area contributed by atoms with Crippen molar-refractivity contribution < 1.29 is 27.8 Å². The van der Waals surface area contributed by atoms with Gasteiger partial charge in [0.25, 0.3) is 0 Å². The van der Waals surface area contributed by atoms with Crippen LogP contribution in [-0.4, -0.2) is 34.6 Å². The molecule has 0 aliphatic heterocycles. The highest BCUT2D eigenvalue weighted by Crippen LogP contribution is 2.41. The monoisotopic (exact) mass is 578 g/mol. The van der Waals surface area contributed by atoms with E-state index in [2.05, 4.69) is 9.97 Å². The van der Waals surface area contributed by atoms with Crippen LogP contribution in [0.2, 0.25) is 0 Å². The summed E-state index contributed by atoms with van der Waals surface area (Å²) in [7, 11) is 0. The molecule has 204 valence electrons. The topological polar surface area (TPSA) is 81.3 Å². The number of nitrogens with zero attached hydrogens (tertiary/aromatic N) is 1. The van der Waals surface area contributed by atoms with E-state index in [1.54, 1.807) is 36.7 Å². The molecule has 40 heavy (non-hydrogen) atoms. The number of rotatable bonds is 10. The minimum atomic E-state index is -0.548. The Labute approximate surface area is 237 Å². The molecule has 0 saturated heterocycles. The summed E-state index contributed by atoms with van der Waals surface area (Å²) in [5.41, 5.74) is 2.19. The second-order valence-corrected chi connectivity index (χ2v) is 10.5. The van der Waals surface area contributed by atoms with E-state index in [0.717, 1.165) is 22.3 Å². The van der Waals surface area contributed by atoms with Gasteiger partial charge in [-0.1, -0.05) is 18.2 Å². The number of carbonyl (C=O) groups is 2. The maximum absolute atomic E-state index is 14.9. The molecule has 0 aliphatic carbocycles. The lowest BCUT2D eigenvalue weighted by atomic mass is 10.0. The van der Waals surface area contributed by atoms with Crippen molar-refractivity contribution in [2.24, 2.45) is 0 Å². The number of hydrogen-bond donors (Lipinski definition) is 1. The van der Waals surface area contributed by atoms with Gasteiger partial charge in [0, 0.05) is 46.1 Å². The van der Waals surface area contributed by atoms with Crippen LogP contribution in [0.4, 0.5) is 8.78 Å². The summed E-state index contributed by atoms with van der Waals surface area (Å²) in [5.74, 6) is -1.42. The minimum absolute atomic E-state index is 0.0509. The third-order valence-corrected chi connectivity index (χ3v) is 7.85. The third-order valence-electron chi connectivity index (χ3n) is 6.16. The van der Waals surface area contributed by atoms with Crippen LogP contribution in [0.1, 0.15) is 35.0 Å². The van der Waals surface area contributed by atoms with E-state index in [1.165, 1.54) is 36.0 Å². The van der Waals surface area contributed by atoms with Crippen molar-refractivity contribution in [3.63, 3.8) is 0 Å². The standard InChI is InChI=1S/C30H24F2N2O4S2/c1-3-37-26(35)10-7-17-5-4-6-18(13-17)27(36)25-16-40-30(34-25)21-14-19(8-9-22(21)31)38-28-23(32)15-24-20(11-12-33-24)29(28)39-2/h4-6,8-9,11-16,33H,3,7,10H2,1-2H3. The number of H-pyrrole nitrogens is 1. The zero-order chi connectivity index (χ0) is 28.2. The number of thioether (sulfide) groups is 1. The molecule has 0 aliphatic rings. The lowest BCUT2D eigenvalue weighted by Gasteiger charge is -2.13. The van der Waals surface area contributed by atoms with E-state index in [0.29, 0.717) is 29.0 Å². The predicted molar refractivity (Wildman–Crippen MR) is 152 cm³/mol. The average molecular weight is 579 g/mol. The zero-order valence-electron chi connectivity index (χ0n) is 21.6. The predicted octanol–water partition coefficient (Wildman–Crippen LogP) is 7.81. The average Bonchev–Trinajstić information content (AvgIpc) is 3.63. The van der Waals surface area contributed by atoms with Crippen molar-refractivity contribution in [1.29, 1.82) is 0 Å². The zero-order valence-corrected chi connectivity index (χ0v) is 23.3. The summed E-state index contributed by atoms with van der Waals surface area (Å²) in [4.78, 5) is 32.8. The Balaban J connectivity index is 1.38. The minimum Gasteiger partial charge on any atom is -0.466 e. The first kappa shape index (κ1) is 27.5. The molecule has 10 heteroatoms. The number of thiazole rings is 1. The van der Waals surface area contributed by atoms with E-state index >= 15 is 0 Å². The van der Waals surface area contributed by atoms with E-state index < -0.39 is 11.6 Å². The molecule has 0 amide bonds. The van der Waals surface area contributed by atoms with Gasteiger partial charge in [-0.25, -0.2) is 13.8 Å². The lowest BCUT2D eigenvalue weighted by molar-refractivity contribution is -0.143. The number of ether oxygens (including phenoxy) is 2. The van der Waals surface area contributed by atoms with E-state index in [9.17, 15) is 18.4 Å². The Hall–Kier alpha value is -4.02. The number of aryl methyl sites for hydroxylation is 1. The van der Waals surface area contributed by atoms with Crippen LogP contribution in [0.25, 0.3) is 21.5 Å². The molecule has 1 N–H and O–H groups in total. The summed E-state index contributed by atoms with van der Waals surface area (Å²) in [6.45, 7) is 2.07. The molecular weight excluding hydrogens is 554 g/mol. The van der Waals surface area contributed by atoms with Crippen LogP contribution >= 0.6 is 23.1 Å². The summed E-state index contributed by atoms with van der Waals surface area (Å²) < 4.78 is 40.7. The molecule has 0 bridgehead atoms. The Morgan fingerprint density at radius 3 is 2.73 bits per heavy atom. The Bertz CT molecular complexity index is 1710. The second kappa shape index (κ2) is 12.0. The maximum Gasteiger partial charge on any atom is 0.306 e. The van der Waals surface area contributed by atoms with Crippen molar-refractivity contribution >= 4 is 45.8 Å². The van der Waals surface area contributed by atoms with Crippen LogP contribution in [0.5, 0.6) is 11.5 Å². The number of ketones is 1. The van der Waals surface area contributed by atoms with Gasteiger partial charge in [-0.05, 0) is 55.5 Å². The lowest BCUT2D eigenvalue weighted by Crippen LogP contribution is -2.06. The van der Waals surface area contributed by atoms with Gasteiger partial charge >= 0.3 is 5.97 Å². The van der Waals surface area contributed by atoms with Crippen LogP contribution in [0.15, 0.2) is 71.1 Å². The molecule has 3 aromatic carbocycles. The number of nitrogens with one attached hydrogen (secondary N) is 1. The van der Waals surface area contributed by atoms with E-state index in [1.807, 2.05) is 18.4 Å². The molecule has 6 nitrogen and oxygen atoms in total. The van der Waals surface area contributed by atoms with E-state index in [4.69, 9.17) is 9.47 Å². The maximum atomic E-state index is 14.9. The number of fused-ring (bicyclic) bond motifs is 1. The van der Waals surface area contributed by atoms with Crippen LogP contribution in [0.3, 0.4) is 0 Å².